The normalized spacial score (nSPS) is 17.1. The molecule has 1 saturated heterocycles. The second-order valence-electron chi connectivity index (χ2n) is 5.01. The molecule has 1 fully saturated rings. The number of hydrogen-bond acceptors (Lipinski definition) is 3. The van der Waals surface area contributed by atoms with Gasteiger partial charge >= 0.3 is 6.18 Å². The molecule has 0 atom stereocenters. The predicted octanol–water partition coefficient (Wildman–Crippen LogP) is 2.75. The van der Waals surface area contributed by atoms with E-state index in [2.05, 4.69) is 0 Å². The van der Waals surface area contributed by atoms with Crippen LogP contribution in [0.3, 0.4) is 0 Å². The first-order valence-corrected chi connectivity index (χ1v) is 6.52. The summed E-state index contributed by atoms with van der Waals surface area (Å²) >= 11 is 0. The van der Waals surface area contributed by atoms with Gasteiger partial charge in [-0.1, -0.05) is 0 Å². The number of nitriles is 1. The molecule has 20 heavy (non-hydrogen) atoms. The van der Waals surface area contributed by atoms with Gasteiger partial charge in [-0.3, -0.25) is 0 Å². The third kappa shape index (κ3) is 3.05. The lowest BCUT2D eigenvalue weighted by Gasteiger charge is -2.33. The molecule has 1 aromatic rings. The van der Waals surface area contributed by atoms with Gasteiger partial charge in [-0.05, 0) is 43.5 Å². The summed E-state index contributed by atoms with van der Waals surface area (Å²) in [5.41, 5.74) is 5.09. The monoisotopic (exact) mass is 283 g/mol. The molecule has 1 aromatic carbocycles. The summed E-state index contributed by atoms with van der Waals surface area (Å²) in [6.45, 7) is 2.17. The Labute approximate surface area is 115 Å². The number of benzene rings is 1. The summed E-state index contributed by atoms with van der Waals surface area (Å²) in [5.74, 6) is 0.483. The first-order chi connectivity index (χ1) is 9.45. The summed E-state index contributed by atoms with van der Waals surface area (Å²) in [4.78, 5) is 2.01. The predicted molar refractivity (Wildman–Crippen MR) is 70.2 cm³/mol. The zero-order valence-corrected chi connectivity index (χ0v) is 11.0. The van der Waals surface area contributed by atoms with Gasteiger partial charge in [0.1, 0.15) is 0 Å². The molecule has 0 radical (unpaired) electrons. The third-order valence-electron chi connectivity index (χ3n) is 3.74. The van der Waals surface area contributed by atoms with Crippen molar-refractivity contribution in [2.45, 2.75) is 19.0 Å². The number of alkyl halides is 3. The van der Waals surface area contributed by atoms with Crippen molar-refractivity contribution in [1.29, 1.82) is 5.26 Å². The van der Waals surface area contributed by atoms with Crippen molar-refractivity contribution < 1.29 is 13.2 Å². The maximum atomic E-state index is 12.7. The largest absolute Gasteiger partial charge is 0.417 e. The van der Waals surface area contributed by atoms with E-state index >= 15 is 0 Å². The number of halogens is 3. The Kier molecular flexibility index (Phi) is 4.19. The summed E-state index contributed by atoms with van der Waals surface area (Å²) in [6, 6.07) is 5.39. The molecular formula is C14H16F3N3. The highest BCUT2D eigenvalue weighted by Crippen LogP contribution is 2.34. The number of hydrogen-bond donors (Lipinski definition) is 1. The molecule has 1 heterocycles. The molecule has 0 bridgehead atoms. The van der Waals surface area contributed by atoms with E-state index in [1.54, 1.807) is 6.07 Å². The van der Waals surface area contributed by atoms with Gasteiger partial charge < -0.3 is 10.6 Å². The highest BCUT2D eigenvalue weighted by atomic mass is 19.4. The molecular weight excluding hydrogens is 267 g/mol. The molecule has 6 heteroatoms. The number of rotatable bonds is 2. The molecule has 0 aromatic heterocycles. The van der Waals surface area contributed by atoms with Crippen LogP contribution in [0.2, 0.25) is 0 Å². The van der Waals surface area contributed by atoms with Gasteiger partial charge in [-0.2, -0.15) is 18.4 Å². The zero-order valence-electron chi connectivity index (χ0n) is 11.0. The Morgan fingerprint density at radius 3 is 2.45 bits per heavy atom. The Morgan fingerprint density at radius 2 is 1.95 bits per heavy atom. The molecule has 2 rings (SSSR count). The minimum atomic E-state index is -4.49. The Balaban J connectivity index is 2.21. The van der Waals surface area contributed by atoms with Crippen LogP contribution in [0, 0.1) is 17.2 Å². The van der Waals surface area contributed by atoms with Crippen molar-refractivity contribution in [3.05, 3.63) is 29.3 Å². The maximum Gasteiger partial charge on any atom is 0.417 e. The van der Waals surface area contributed by atoms with Gasteiger partial charge in [0, 0.05) is 18.8 Å². The van der Waals surface area contributed by atoms with Crippen LogP contribution in [-0.4, -0.2) is 19.6 Å². The highest BCUT2D eigenvalue weighted by Gasteiger charge is 2.34. The molecule has 0 unspecified atom stereocenters. The smallest absolute Gasteiger partial charge is 0.371 e. The second kappa shape index (κ2) is 5.71. The molecule has 0 aliphatic carbocycles. The lowest BCUT2D eigenvalue weighted by Crippen LogP contribution is -2.36. The van der Waals surface area contributed by atoms with E-state index in [0.717, 1.165) is 32.0 Å². The van der Waals surface area contributed by atoms with Crippen LogP contribution >= 0.6 is 0 Å². The van der Waals surface area contributed by atoms with Crippen LogP contribution in [0.5, 0.6) is 0 Å². The average molecular weight is 283 g/mol. The first-order valence-electron chi connectivity index (χ1n) is 6.52. The van der Waals surface area contributed by atoms with Crippen LogP contribution in [0.15, 0.2) is 18.2 Å². The number of anilines is 1. The Hall–Kier alpha value is -1.74. The summed E-state index contributed by atoms with van der Waals surface area (Å²) in [5, 5.41) is 8.90. The van der Waals surface area contributed by atoms with Crippen LogP contribution in [0.25, 0.3) is 0 Å². The van der Waals surface area contributed by atoms with Gasteiger partial charge in [0.2, 0.25) is 0 Å². The van der Waals surface area contributed by atoms with E-state index in [4.69, 9.17) is 11.0 Å². The van der Waals surface area contributed by atoms with Crippen molar-refractivity contribution in [1.82, 2.24) is 0 Å². The average Bonchev–Trinajstić information content (AvgIpc) is 2.45. The number of piperidine rings is 1. The van der Waals surface area contributed by atoms with Gasteiger partial charge in [0.25, 0.3) is 0 Å². The van der Waals surface area contributed by atoms with Gasteiger partial charge in [-0.25, -0.2) is 0 Å². The Morgan fingerprint density at radius 1 is 1.30 bits per heavy atom. The number of nitrogens with two attached hydrogens (primary N) is 1. The van der Waals surface area contributed by atoms with E-state index in [1.807, 2.05) is 4.90 Å². The van der Waals surface area contributed by atoms with E-state index in [9.17, 15) is 13.2 Å². The van der Waals surface area contributed by atoms with Crippen molar-refractivity contribution in [3.8, 4) is 6.07 Å². The van der Waals surface area contributed by atoms with Crippen LogP contribution in [0.1, 0.15) is 24.0 Å². The van der Waals surface area contributed by atoms with E-state index in [-0.39, 0.29) is 5.56 Å². The van der Waals surface area contributed by atoms with Gasteiger partial charge in [-0.15, -0.1) is 0 Å². The van der Waals surface area contributed by atoms with Crippen LogP contribution < -0.4 is 10.6 Å². The Bertz CT molecular complexity index is 511. The van der Waals surface area contributed by atoms with Crippen LogP contribution in [-0.2, 0) is 6.18 Å². The lowest BCUT2D eigenvalue weighted by atomic mass is 9.96. The SMILES string of the molecule is N#Cc1cc(N2CCC(CN)CC2)ccc1C(F)(F)F. The number of nitrogens with zero attached hydrogens (tertiary/aromatic N) is 2. The van der Waals surface area contributed by atoms with Gasteiger partial charge in [0.15, 0.2) is 0 Å². The quantitative estimate of drug-likeness (QED) is 0.908. The maximum absolute atomic E-state index is 12.7. The van der Waals surface area contributed by atoms with Crippen molar-refractivity contribution in [3.63, 3.8) is 0 Å². The lowest BCUT2D eigenvalue weighted by molar-refractivity contribution is -0.137. The van der Waals surface area contributed by atoms with Crippen molar-refractivity contribution >= 4 is 5.69 Å². The topological polar surface area (TPSA) is 53.0 Å². The standard InChI is InChI=1S/C14H16F3N3/c15-14(16,17)13-2-1-12(7-11(13)9-19)20-5-3-10(8-18)4-6-20/h1-2,7,10H,3-6,8,18H2. The minimum absolute atomic E-state index is 0.323. The highest BCUT2D eigenvalue weighted by molar-refractivity contribution is 5.55. The third-order valence-corrected chi connectivity index (χ3v) is 3.74. The van der Waals surface area contributed by atoms with E-state index < -0.39 is 11.7 Å². The van der Waals surface area contributed by atoms with Gasteiger partial charge in [0.05, 0.1) is 17.2 Å². The van der Waals surface area contributed by atoms with Crippen LogP contribution in [0.4, 0.5) is 18.9 Å². The molecule has 0 amide bonds. The fraction of sp³-hybridized carbons (Fsp3) is 0.500. The molecule has 3 nitrogen and oxygen atoms in total. The summed E-state index contributed by atoms with van der Waals surface area (Å²) < 4.78 is 38.2. The van der Waals surface area contributed by atoms with Crippen molar-refractivity contribution in [2.75, 3.05) is 24.5 Å². The molecule has 1 aliphatic rings. The summed E-state index contributed by atoms with van der Waals surface area (Å²) in [6.07, 6.45) is -2.63. The minimum Gasteiger partial charge on any atom is -0.371 e. The molecule has 1 aliphatic heterocycles. The van der Waals surface area contributed by atoms with Crippen molar-refractivity contribution in [2.24, 2.45) is 11.7 Å². The summed E-state index contributed by atoms with van der Waals surface area (Å²) in [7, 11) is 0. The fourth-order valence-corrected chi connectivity index (χ4v) is 2.50. The zero-order chi connectivity index (χ0) is 14.8. The second-order valence-corrected chi connectivity index (χ2v) is 5.01. The molecule has 0 saturated carbocycles. The fourth-order valence-electron chi connectivity index (χ4n) is 2.50. The molecule has 0 spiro atoms. The molecule has 2 N–H and O–H groups in total. The first kappa shape index (κ1) is 14.7. The molecule has 108 valence electrons. The van der Waals surface area contributed by atoms with E-state index in [1.165, 1.54) is 12.1 Å². The van der Waals surface area contributed by atoms with E-state index in [0.29, 0.717) is 18.2 Å².